The van der Waals surface area contributed by atoms with Crippen LogP contribution in [0.2, 0.25) is 0 Å². The lowest BCUT2D eigenvalue weighted by atomic mass is 10.1. The first-order chi connectivity index (χ1) is 11.2. The average molecular weight is 301 g/mol. The summed E-state index contributed by atoms with van der Waals surface area (Å²) in [6.07, 6.45) is 0. The van der Waals surface area contributed by atoms with Crippen molar-refractivity contribution in [1.82, 2.24) is 4.98 Å². The number of anilines is 3. The summed E-state index contributed by atoms with van der Waals surface area (Å²) in [4.78, 5) is 9.42. The second-order valence-corrected chi connectivity index (χ2v) is 5.96. The lowest BCUT2D eigenvalue weighted by Gasteiger charge is -2.18. The molecule has 0 N–H and O–H groups in total. The molecule has 0 saturated carbocycles. The second-order valence-electron chi connectivity index (χ2n) is 5.96. The molecule has 2 heterocycles. The maximum Gasteiger partial charge on any atom is 0.154 e. The Kier molecular flexibility index (Phi) is 3.27. The molecule has 0 saturated heterocycles. The molecule has 114 valence electrons. The topological polar surface area (TPSA) is 19.4 Å². The summed E-state index contributed by atoms with van der Waals surface area (Å²) in [5.41, 5.74) is 5.84. The zero-order valence-electron chi connectivity index (χ0n) is 13.4. The van der Waals surface area contributed by atoms with Crippen molar-refractivity contribution >= 4 is 17.2 Å². The minimum Gasteiger partial charge on any atom is -0.340 e. The third kappa shape index (κ3) is 2.34. The highest BCUT2D eigenvalue weighted by molar-refractivity contribution is 5.82. The molecule has 23 heavy (non-hydrogen) atoms. The van der Waals surface area contributed by atoms with Crippen LogP contribution in [0.15, 0.2) is 66.7 Å². The second kappa shape index (κ2) is 5.43. The van der Waals surface area contributed by atoms with Crippen molar-refractivity contribution in [3.05, 3.63) is 72.3 Å². The molecule has 4 rings (SSSR count). The number of fused-ring (bicyclic) bond motifs is 1. The fourth-order valence-corrected chi connectivity index (χ4v) is 3.13. The lowest BCUT2D eigenvalue weighted by Crippen LogP contribution is -2.24. The molecule has 0 amide bonds. The van der Waals surface area contributed by atoms with Crippen molar-refractivity contribution in [3.63, 3.8) is 0 Å². The van der Waals surface area contributed by atoms with Crippen molar-refractivity contribution in [3.8, 4) is 11.3 Å². The highest BCUT2D eigenvalue weighted by Crippen LogP contribution is 2.39. The monoisotopic (exact) mass is 301 g/mol. The minimum atomic E-state index is 0.823. The average Bonchev–Trinajstić information content (AvgIpc) is 2.93. The van der Waals surface area contributed by atoms with Gasteiger partial charge in [-0.1, -0.05) is 42.5 Å². The minimum absolute atomic E-state index is 0.823. The van der Waals surface area contributed by atoms with Gasteiger partial charge in [0.05, 0.1) is 18.1 Å². The fraction of sp³-hybridized carbons (Fsp3) is 0.150. The molecule has 2 aromatic carbocycles. The van der Waals surface area contributed by atoms with Crippen LogP contribution in [0.5, 0.6) is 0 Å². The Labute approximate surface area is 136 Å². The summed E-state index contributed by atoms with van der Waals surface area (Å²) in [6.45, 7) is 2.95. The van der Waals surface area contributed by atoms with E-state index in [-0.39, 0.29) is 0 Å². The molecule has 0 spiro atoms. The van der Waals surface area contributed by atoms with Gasteiger partial charge in [-0.15, -0.1) is 0 Å². The Morgan fingerprint density at radius 3 is 2.39 bits per heavy atom. The molecule has 3 heteroatoms. The zero-order valence-corrected chi connectivity index (χ0v) is 13.4. The van der Waals surface area contributed by atoms with E-state index in [0.29, 0.717) is 0 Å². The highest BCUT2D eigenvalue weighted by atomic mass is 15.4. The van der Waals surface area contributed by atoms with Crippen molar-refractivity contribution in [2.75, 3.05) is 23.5 Å². The number of hydrogen-bond donors (Lipinski definition) is 0. The van der Waals surface area contributed by atoms with Gasteiger partial charge in [0.1, 0.15) is 0 Å². The zero-order chi connectivity index (χ0) is 15.8. The van der Waals surface area contributed by atoms with Crippen LogP contribution in [0.4, 0.5) is 17.2 Å². The van der Waals surface area contributed by atoms with E-state index in [9.17, 15) is 0 Å². The molecule has 0 radical (unpaired) electrons. The van der Waals surface area contributed by atoms with Crippen molar-refractivity contribution in [2.24, 2.45) is 0 Å². The summed E-state index contributed by atoms with van der Waals surface area (Å²) >= 11 is 0. The van der Waals surface area contributed by atoms with Crippen LogP contribution in [0.1, 0.15) is 5.56 Å². The fourth-order valence-electron chi connectivity index (χ4n) is 3.13. The third-order valence-electron chi connectivity index (χ3n) is 4.35. The maximum absolute atomic E-state index is 4.93. The van der Waals surface area contributed by atoms with E-state index in [0.717, 1.165) is 23.9 Å². The SMILES string of the molecule is Cc1ccccc1-c1ccc2c(n1)N(C)CN2c1ccccc1. The van der Waals surface area contributed by atoms with Gasteiger partial charge in [0, 0.05) is 18.3 Å². The molecule has 0 unspecified atom stereocenters. The van der Waals surface area contributed by atoms with Gasteiger partial charge in [0.15, 0.2) is 5.82 Å². The standard InChI is InChI=1S/C20H19N3/c1-15-8-6-7-11-17(15)18-12-13-19-20(21-18)22(2)14-23(19)16-9-4-3-5-10-16/h3-13H,14H2,1-2H3. The number of aryl methyl sites for hydroxylation is 1. The van der Waals surface area contributed by atoms with Crippen LogP contribution in [-0.2, 0) is 0 Å². The first-order valence-electron chi connectivity index (χ1n) is 7.85. The Morgan fingerprint density at radius 2 is 1.61 bits per heavy atom. The van der Waals surface area contributed by atoms with E-state index in [1.165, 1.54) is 16.8 Å². The van der Waals surface area contributed by atoms with Crippen LogP contribution in [0.3, 0.4) is 0 Å². The molecule has 0 fully saturated rings. The van der Waals surface area contributed by atoms with E-state index in [1.54, 1.807) is 0 Å². The van der Waals surface area contributed by atoms with E-state index in [2.05, 4.69) is 84.4 Å². The molecule has 1 aliphatic rings. The van der Waals surface area contributed by atoms with Gasteiger partial charge in [0.25, 0.3) is 0 Å². The van der Waals surface area contributed by atoms with E-state index in [1.807, 2.05) is 6.07 Å². The summed E-state index contributed by atoms with van der Waals surface area (Å²) in [7, 11) is 2.09. The molecule has 1 aromatic heterocycles. The molecular formula is C20H19N3. The summed E-state index contributed by atoms with van der Waals surface area (Å²) < 4.78 is 0. The Bertz CT molecular complexity index is 843. The highest BCUT2D eigenvalue weighted by Gasteiger charge is 2.26. The Balaban J connectivity index is 1.78. The Hall–Kier alpha value is -2.81. The van der Waals surface area contributed by atoms with E-state index < -0.39 is 0 Å². The number of nitrogens with zero attached hydrogens (tertiary/aromatic N) is 3. The van der Waals surface area contributed by atoms with Crippen molar-refractivity contribution < 1.29 is 0 Å². The van der Waals surface area contributed by atoms with Crippen LogP contribution in [0.25, 0.3) is 11.3 Å². The number of rotatable bonds is 2. The molecular weight excluding hydrogens is 282 g/mol. The summed E-state index contributed by atoms with van der Waals surface area (Å²) in [5, 5.41) is 0. The molecule has 0 aliphatic carbocycles. The molecule has 3 nitrogen and oxygen atoms in total. The smallest absolute Gasteiger partial charge is 0.154 e. The molecule has 3 aromatic rings. The predicted octanol–water partition coefficient (Wildman–Crippen LogP) is 4.60. The number of pyridine rings is 1. The molecule has 0 atom stereocenters. The predicted molar refractivity (Wildman–Crippen MR) is 96.3 cm³/mol. The van der Waals surface area contributed by atoms with Gasteiger partial charge >= 0.3 is 0 Å². The largest absolute Gasteiger partial charge is 0.340 e. The van der Waals surface area contributed by atoms with Gasteiger partial charge in [-0.25, -0.2) is 4.98 Å². The van der Waals surface area contributed by atoms with Gasteiger partial charge < -0.3 is 9.80 Å². The summed E-state index contributed by atoms with van der Waals surface area (Å²) in [5.74, 6) is 1.04. The third-order valence-corrected chi connectivity index (χ3v) is 4.35. The maximum atomic E-state index is 4.93. The quantitative estimate of drug-likeness (QED) is 0.689. The number of hydrogen-bond acceptors (Lipinski definition) is 3. The van der Waals surface area contributed by atoms with Crippen molar-refractivity contribution in [2.45, 2.75) is 6.92 Å². The van der Waals surface area contributed by atoms with Crippen LogP contribution in [-0.4, -0.2) is 18.7 Å². The van der Waals surface area contributed by atoms with Crippen LogP contribution in [0, 0.1) is 6.92 Å². The number of para-hydroxylation sites is 1. The van der Waals surface area contributed by atoms with Crippen LogP contribution < -0.4 is 9.80 Å². The molecule has 1 aliphatic heterocycles. The van der Waals surface area contributed by atoms with Crippen molar-refractivity contribution in [1.29, 1.82) is 0 Å². The van der Waals surface area contributed by atoms with Gasteiger partial charge in [0.2, 0.25) is 0 Å². The molecule has 0 bridgehead atoms. The van der Waals surface area contributed by atoms with Gasteiger partial charge in [-0.2, -0.15) is 0 Å². The lowest BCUT2D eigenvalue weighted by molar-refractivity contribution is 0.939. The first kappa shape index (κ1) is 13.8. The number of aromatic nitrogens is 1. The number of benzene rings is 2. The van der Waals surface area contributed by atoms with E-state index in [4.69, 9.17) is 4.98 Å². The normalized spacial score (nSPS) is 13.3. The first-order valence-corrected chi connectivity index (χ1v) is 7.85. The van der Waals surface area contributed by atoms with E-state index >= 15 is 0 Å². The Morgan fingerprint density at radius 1 is 0.870 bits per heavy atom. The summed E-state index contributed by atoms with van der Waals surface area (Å²) in [6, 6.07) is 23.2. The van der Waals surface area contributed by atoms with Crippen LogP contribution >= 0.6 is 0 Å². The van der Waals surface area contributed by atoms with Gasteiger partial charge in [-0.05, 0) is 36.8 Å². The van der Waals surface area contributed by atoms with Gasteiger partial charge in [-0.3, -0.25) is 0 Å².